The van der Waals surface area contributed by atoms with Crippen LogP contribution in [0.5, 0.6) is 0 Å². The van der Waals surface area contributed by atoms with E-state index < -0.39 is 0 Å². The average Bonchev–Trinajstić information content (AvgIpc) is 2.62. The van der Waals surface area contributed by atoms with Crippen LogP contribution in [0.2, 0.25) is 0 Å². The van der Waals surface area contributed by atoms with E-state index in [-0.39, 0.29) is 18.1 Å². The molecule has 0 aromatic rings. The highest BCUT2D eigenvalue weighted by Gasteiger charge is 2.34. The summed E-state index contributed by atoms with van der Waals surface area (Å²) in [4.78, 5) is 32.6. The van der Waals surface area contributed by atoms with E-state index in [0.29, 0.717) is 72.2 Å². The SMILES string of the molecule is C[C@H]1CN(C(=O)N2CCOCC2)CCN1C(=O)N1CCOCC1. The topological polar surface area (TPSA) is 65.6 Å². The van der Waals surface area contributed by atoms with Gasteiger partial charge in [-0.2, -0.15) is 0 Å². The van der Waals surface area contributed by atoms with Crippen molar-refractivity contribution >= 4 is 12.1 Å². The van der Waals surface area contributed by atoms with Gasteiger partial charge in [-0.25, -0.2) is 9.59 Å². The van der Waals surface area contributed by atoms with E-state index in [2.05, 4.69) is 0 Å². The maximum Gasteiger partial charge on any atom is 0.320 e. The fourth-order valence-electron chi connectivity index (χ4n) is 3.31. The molecule has 0 unspecified atom stereocenters. The summed E-state index contributed by atoms with van der Waals surface area (Å²) in [5.74, 6) is 0. The van der Waals surface area contributed by atoms with Crippen molar-refractivity contribution in [3.05, 3.63) is 0 Å². The van der Waals surface area contributed by atoms with E-state index in [1.807, 2.05) is 26.5 Å². The van der Waals surface area contributed by atoms with Crippen molar-refractivity contribution in [1.82, 2.24) is 19.6 Å². The van der Waals surface area contributed by atoms with Crippen molar-refractivity contribution in [3.8, 4) is 0 Å². The Morgan fingerprint density at radius 2 is 1.26 bits per heavy atom. The van der Waals surface area contributed by atoms with Gasteiger partial charge in [0, 0.05) is 51.9 Å². The van der Waals surface area contributed by atoms with Crippen LogP contribution in [0.1, 0.15) is 6.92 Å². The summed E-state index contributed by atoms with van der Waals surface area (Å²) < 4.78 is 10.6. The molecule has 0 spiro atoms. The lowest BCUT2D eigenvalue weighted by Gasteiger charge is -2.44. The van der Waals surface area contributed by atoms with Crippen molar-refractivity contribution in [1.29, 1.82) is 0 Å². The second-order valence-corrected chi connectivity index (χ2v) is 6.25. The van der Waals surface area contributed by atoms with Gasteiger partial charge in [0.2, 0.25) is 0 Å². The molecule has 8 heteroatoms. The monoisotopic (exact) mass is 326 g/mol. The van der Waals surface area contributed by atoms with Gasteiger partial charge in [0.05, 0.1) is 26.4 Å². The first-order valence-corrected chi connectivity index (χ1v) is 8.41. The summed E-state index contributed by atoms with van der Waals surface area (Å²) in [6.07, 6.45) is 0. The zero-order valence-electron chi connectivity index (χ0n) is 13.8. The Balaban J connectivity index is 1.54. The van der Waals surface area contributed by atoms with Crippen LogP contribution in [-0.2, 0) is 9.47 Å². The fourth-order valence-corrected chi connectivity index (χ4v) is 3.31. The minimum Gasteiger partial charge on any atom is -0.378 e. The molecule has 3 rings (SSSR count). The highest BCUT2D eigenvalue weighted by molar-refractivity contribution is 5.77. The lowest BCUT2D eigenvalue weighted by atomic mass is 10.2. The number of carbonyl (C=O) groups is 2. The van der Waals surface area contributed by atoms with E-state index in [9.17, 15) is 9.59 Å². The van der Waals surface area contributed by atoms with Gasteiger partial charge in [0.25, 0.3) is 0 Å². The molecule has 3 saturated heterocycles. The molecule has 0 N–H and O–H groups in total. The molecule has 0 aromatic carbocycles. The van der Waals surface area contributed by atoms with Crippen molar-refractivity contribution in [2.24, 2.45) is 0 Å². The molecule has 8 nitrogen and oxygen atoms in total. The summed E-state index contributed by atoms with van der Waals surface area (Å²) in [5, 5.41) is 0. The van der Waals surface area contributed by atoms with E-state index >= 15 is 0 Å². The molecule has 130 valence electrons. The largest absolute Gasteiger partial charge is 0.378 e. The summed E-state index contributed by atoms with van der Waals surface area (Å²) in [6.45, 7) is 8.82. The minimum atomic E-state index is 0.0316. The van der Waals surface area contributed by atoms with E-state index in [1.165, 1.54) is 0 Å². The standard InChI is InChI=1S/C15H26N4O4/c1-13-12-18(14(20)16-4-8-22-9-5-16)2-3-19(13)15(21)17-6-10-23-11-7-17/h13H,2-12H2,1H3/t13-/m0/s1. The summed E-state index contributed by atoms with van der Waals surface area (Å²) in [7, 11) is 0. The van der Waals surface area contributed by atoms with E-state index in [0.717, 1.165) is 0 Å². The highest BCUT2D eigenvalue weighted by atomic mass is 16.5. The van der Waals surface area contributed by atoms with Crippen LogP contribution in [0.15, 0.2) is 0 Å². The van der Waals surface area contributed by atoms with Crippen LogP contribution >= 0.6 is 0 Å². The Morgan fingerprint density at radius 3 is 1.78 bits per heavy atom. The zero-order valence-corrected chi connectivity index (χ0v) is 13.8. The summed E-state index contributed by atoms with van der Waals surface area (Å²) >= 11 is 0. The molecule has 0 saturated carbocycles. The Morgan fingerprint density at radius 1 is 0.739 bits per heavy atom. The molecule has 0 aromatic heterocycles. The number of urea groups is 2. The molecule has 0 bridgehead atoms. The van der Waals surface area contributed by atoms with Crippen molar-refractivity contribution in [2.75, 3.05) is 72.2 Å². The van der Waals surface area contributed by atoms with Crippen LogP contribution < -0.4 is 0 Å². The summed E-state index contributed by atoms with van der Waals surface area (Å²) in [6, 6.07) is 0.168. The number of morpholine rings is 2. The molecule has 0 aliphatic carbocycles. The lowest BCUT2D eigenvalue weighted by molar-refractivity contribution is 0.0225. The van der Waals surface area contributed by atoms with E-state index in [1.54, 1.807) is 0 Å². The molecule has 0 radical (unpaired) electrons. The van der Waals surface area contributed by atoms with Crippen LogP contribution in [0, 0.1) is 0 Å². The molecule has 3 heterocycles. The number of ether oxygens (including phenoxy) is 2. The second kappa shape index (κ2) is 7.35. The highest BCUT2D eigenvalue weighted by Crippen LogP contribution is 2.15. The van der Waals surface area contributed by atoms with Crippen molar-refractivity contribution in [2.45, 2.75) is 13.0 Å². The van der Waals surface area contributed by atoms with Gasteiger partial charge < -0.3 is 29.1 Å². The van der Waals surface area contributed by atoms with Gasteiger partial charge in [-0.3, -0.25) is 0 Å². The maximum atomic E-state index is 12.6. The number of nitrogens with zero attached hydrogens (tertiary/aromatic N) is 4. The molecule has 4 amide bonds. The smallest absolute Gasteiger partial charge is 0.320 e. The number of hydrogen-bond donors (Lipinski definition) is 0. The van der Waals surface area contributed by atoms with Crippen LogP contribution in [0.4, 0.5) is 9.59 Å². The third kappa shape index (κ3) is 3.69. The fraction of sp³-hybridized carbons (Fsp3) is 0.867. The number of hydrogen-bond acceptors (Lipinski definition) is 4. The van der Waals surface area contributed by atoms with E-state index in [4.69, 9.17) is 9.47 Å². The molecular formula is C15H26N4O4. The van der Waals surface area contributed by atoms with Crippen molar-refractivity contribution in [3.63, 3.8) is 0 Å². The van der Waals surface area contributed by atoms with Gasteiger partial charge in [-0.1, -0.05) is 0 Å². The molecule has 23 heavy (non-hydrogen) atoms. The van der Waals surface area contributed by atoms with Gasteiger partial charge in [0.1, 0.15) is 0 Å². The Kier molecular flexibility index (Phi) is 5.22. The van der Waals surface area contributed by atoms with Crippen LogP contribution in [-0.4, -0.2) is 110 Å². The quantitative estimate of drug-likeness (QED) is 0.623. The molecule has 3 aliphatic heterocycles. The third-order valence-corrected chi connectivity index (χ3v) is 4.71. The van der Waals surface area contributed by atoms with Gasteiger partial charge in [0.15, 0.2) is 0 Å². The Bertz CT molecular complexity index is 435. The summed E-state index contributed by atoms with van der Waals surface area (Å²) in [5.41, 5.74) is 0. The normalized spacial score (nSPS) is 26.4. The van der Waals surface area contributed by atoms with Crippen LogP contribution in [0.3, 0.4) is 0 Å². The van der Waals surface area contributed by atoms with Crippen molar-refractivity contribution < 1.29 is 19.1 Å². The second-order valence-electron chi connectivity index (χ2n) is 6.25. The predicted molar refractivity (Wildman–Crippen MR) is 83.3 cm³/mol. The zero-order chi connectivity index (χ0) is 16.2. The first-order chi connectivity index (χ1) is 11.2. The maximum absolute atomic E-state index is 12.6. The van der Waals surface area contributed by atoms with Gasteiger partial charge >= 0.3 is 12.1 Å². The minimum absolute atomic E-state index is 0.0316. The molecular weight excluding hydrogens is 300 g/mol. The first-order valence-electron chi connectivity index (χ1n) is 8.41. The molecule has 3 aliphatic rings. The average molecular weight is 326 g/mol. The molecule has 3 fully saturated rings. The van der Waals surface area contributed by atoms with Crippen LogP contribution in [0.25, 0.3) is 0 Å². The first kappa shape index (κ1) is 16.3. The Hall–Kier alpha value is -1.54. The molecule has 1 atom stereocenters. The number of rotatable bonds is 0. The number of piperazine rings is 1. The third-order valence-electron chi connectivity index (χ3n) is 4.71. The number of amides is 4. The van der Waals surface area contributed by atoms with Gasteiger partial charge in [-0.15, -0.1) is 0 Å². The predicted octanol–water partition coefficient (Wildman–Crippen LogP) is -0.103. The number of carbonyl (C=O) groups excluding carboxylic acids is 2. The lowest BCUT2D eigenvalue weighted by Crippen LogP contribution is -2.61. The van der Waals surface area contributed by atoms with Gasteiger partial charge in [-0.05, 0) is 6.92 Å². The Labute approximate surface area is 136 Å².